The topological polar surface area (TPSA) is 45.9 Å². The van der Waals surface area contributed by atoms with E-state index in [0.717, 1.165) is 4.47 Å². The molecule has 2 heterocycles. The molecule has 2 aromatic rings. The van der Waals surface area contributed by atoms with Crippen molar-refractivity contribution in [3.63, 3.8) is 0 Å². The lowest BCUT2D eigenvalue weighted by molar-refractivity contribution is -0.0314. The first kappa shape index (κ1) is 12.7. The van der Waals surface area contributed by atoms with Crippen LogP contribution in [0.3, 0.4) is 0 Å². The van der Waals surface area contributed by atoms with Gasteiger partial charge in [0.25, 0.3) is 0 Å². The van der Waals surface area contributed by atoms with Gasteiger partial charge >= 0.3 is 0 Å². The first-order valence-electron chi connectivity index (χ1n) is 5.55. The van der Waals surface area contributed by atoms with Crippen molar-refractivity contribution in [2.45, 2.75) is 5.41 Å². The van der Waals surface area contributed by atoms with Crippen LogP contribution in [0.5, 0.6) is 0 Å². The van der Waals surface area contributed by atoms with Crippen molar-refractivity contribution in [1.29, 1.82) is 5.26 Å². The maximum Gasteiger partial charge on any atom is 0.146 e. The standard InChI is InChI=1S/C13H8BrFN2OS/c14-8-1-2-10(15)9(3-8)12-17-11(4-19-12)13(5-16)6-18-7-13/h1-4H,6-7H2. The molecule has 1 aliphatic heterocycles. The van der Waals surface area contributed by atoms with E-state index in [4.69, 9.17) is 4.74 Å². The summed E-state index contributed by atoms with van der Waals surface area (Å²) in [4.78, 5) is 4.40. The van der Waals surface area contributed by atoms with E-state index in [0.29, 0.717) is 29.5 Å². The van der Waals surface area contributed by atoms with Gasteiger partial charge in [-0.25, -0.2) is 9.37 Å². The number of hydrogen-bond donors (Lipinski definition) is 0. The minimum Gasteiger partial charge on any atom is -0.377 e. The van der Waals surface area contributed by atoms with E-state index >= 15 is 0 Å². The lowest BCUT2D eigenvalue weighted by Crippen LogP contribution is -2.45. The van der Waals surface area contributed by atoms with Crippen LogP contribution >= 0.6 is 27.3 Å². The molecule has 0 amide bonds. The molecule has 0 aliphatic carbocycles. The van der Waals surface area contributed by atoms with Crippen molar-refractivity contribution in [3.8, 4) is 16.6 Å². The van der Waals surface area contributed by atoms with Gasteiger partial charge in [-0.15, -0.1) is 11.3 Å². The molecule has 6 heteroatoms. The highest BCUT2D eigenvalue weighted by molar-refractivity contribution is 9.10. The van der Waals surface area contributed by atoms with E-state index in [-0.39, 0.29) is 5.82 Å². The quantitative estimate of drug-likeness (QED) is 0.841. The van der Waals surface area contributed by atoms with E-state index < -0.39 is 5.41 Å². The van der Waals surface area contributed by atoms with Crippen LogP contribution in [0.15, 0.2) is 28.1 Å². The van der Waals surface area contributed by atoms with Gasteiger partial charge in [-0.3, -0.25) is 0 Å². The predicted octanol–water partition coefficient (Wildman–Crippen LogP) is 3.50. The fourth-order valence-corrected chi connectivity index (χ4v) is 3.15. The number of hydrogen-bond acceptors (Lipinski definition) is 4. The molecule has 0 atom stereocenters. The molecule has 1 aromatic heterocycles. The number of nitriles is 1. The second-order valence-electron chi connectivity index (χ2n) is 4.35. The van der Waals surface area contributed by atoms with Crippen LogP contribution in [-0.4, -0.2) is 18.2 Å². The molecular weight excluding hydrogens is 331 g/mol. The van der Waals surface area contributed by atoms with E-state index in [2.05, 4.69) is 27.0 Å². The Morgan fingerprint density at radius 2 is 2.26 bits per heavy atom. The third-order valence-electron chi connectivity index (χ3n) is 3.06. The molecule has 0 spiro atoms. The predicted molar refractivity (Wildman–Crippen MR) is 73.3 cm³/mol. The molecule has 1 aliphatic rings. The Balaban J connectivity index is 2.02. The summed E-state index contributed by atoms with van der Waals surface area (Å²) in [6, 6.07) is 6.97. The minimum absolute atomic E-state index is 0.319. The van der Waals surface area contributed by atoms with Gasteiger partial charge in [0.2, 0.25) is 0 Å². The Labute approximate surface area is 121 Å². The molecule has 1 saturated heterocycles. The van der Waals surface area contributed by atoms with E-state index in [1.54, 1.807) is 17.5 Å². The fourth-order valence-electron chi connectivity index (χ4n) is 1.85. The van der Waals surface area contributed by atoms with Gasteiger partial charge in [0, 0.05) is 15.4 Å². The zero-order chi connectivity index (χ0) is 13.5. The summed E-state index contributed by atoms with van der Waals surface area (Å²) in [6.45, 7) is 0.710. The Hall–Kier alpha value is -1.29. The van der Waals surface area contributed by atoms with Crippen LogP contribution in [0.25, 0.3) is 10.6 Å². The maximum absolute atomic E-state index is 13.8. The molecule has 96 valence electrons. The number of thiazole rings is 1. The van der Waals surface area contributed by atoms with Crippen molar-refractivity contribution in [2.24, 2.45) is 0 Å². The van der Waals surface area contributed by atoms with Crippen molar-refractivity contribution < 1.29 is 9.13 Å². The molecule has 19 heavy (non-hydrogen) atoms. The summed E-state index contributed by atoms with van der Waals surface area (Å²) in [6.07, 6.45) is 0. The van der Waals surface area contributed by atoms with E-state index in [1.807, 2.05) is 0 Å². The Morgan fingerprint density at radius 3 is 2.89 bits per heavy atom. The molecule has 0 radical (unpaired) electrons. The molecule has 0 bridgehead atoms. The van der Waals surface area contributed by atoms with Crippen molar-refractivity contribution in [1.82, 2.24) is 4.98 Å². The average molecular weight is 339 g/mol. The van der Waals surface area contributed by atoms with Gasteiger partial charge in [-0.05, 0) is 18.2 Å². The number of halogens is 2. The SMILES string of the molecule is N#CC1(c2csc(-c3cc(Br)ccc3F)n2)COC1. The molecular formula is C13H8BrFN2OS. The first-order chi connectivity index (χ1) is 9.14. The van der Waals surface area contributed by atoms with Crippen molar-refractivity contribution in [2.75, 3.05) is 13.2 Å². The van der Waals surface area contributed by atoms with Crippen LogP contribution in [0.1, 0.15) is 5.69 Å². The summed E-state index contributed by atoms with van der Waals surface area (Å²) >= 11 is 4.65. The van der Waals surface area contributed by atoms with Gasteiger partial charge in [0.15, 0.2) is 0 Å². The van der Waals surface area contributed by atoms with Gasteiger partial charge in [-0.1, -0.05) is 15.9 Å². The number of aromatic nitrogens is 1. The van der Waals surface area contributed by atoms with Crippen LogP contribution in [-0.2, 0) is 10.2 Å². The van der Waals surface area contributed by atoms with Crippen LogP contribution < -0.4 is 0 Å². The number of benzene rings is 1. The van der Waals surface area contributed by atoms with E-state index in [1.165, 1.54) is 17.4 Å². The van der Waals surface area contributed by atoms with Crippen LogP contribution in [0.2, 0.25) is 0 Å². The smallest absolute Gasteiger partial charge is 0.146 e. The zero-order valence-corrected chi connectivity index (χ0v) is 12.1. The average Bonchev–Trinajstić information content (AvgIpc) is 2.81. The summed E-state index contributed by atoms with van der Waals surface area (Å²) in [5.74, 6) is -0.319. The van der Waals surface area contributed by atoms with Crippen LogP contribution in [0.4, 0.5) is 4.39 Å². The zero-order valence-electron chi connectivity index (χ0n) is 9.69. The largest absolute Gasteiger partial charge is 0.377 e. The summed E-state index contributed by atoms with van der Waals surface area (Å²) in [5.41, 5.74) is 0.455. The van der Waals surface area contributed by atoms with Crippen molar-refractivity contribution >= 4 is 27.3 Å². The fraction of sp³-hybridized carbons (Fsp3) is 0.231. The molecule has 1 aromatic carbocycles. The molecule has 0 N–H and O–H groups in total. The van der Waals surface area contributed by atoms with Crippen molar-refractivity contribution in [3.05, 3.63) is 39.6 Å². The first-order valence-corrected chi connectivity index (χ1v) is 7.22. The second-order valence-corrected chi connectivity index (χ2v) is 6.12. The molecule has 0 saturated carbocycles. The molecule has 3 nitrogen and oxygen atoms in total. The lowest BCUT2D eigenvalue weighted by Gasteiger charge is -2.33. The highest BCUT2D eigenvalue weighted by Crippen LogP contribution is 2.36. The monoisotopic (exact) mass is 338 g/mol. The summed E-state index contributed by atoms with van der Waals surface area (Å²) < 4.78 is 19.7. The van der Waals surface area contributed by atoms with Gasteiger partial charge in [-0.2, -0.15) is 5.26 Å². The van der Waals surface area contributed by atoms with Gasteiger partial charge in [0.1, 0.15) is 16.2 Å². The third kappa shape index (κ3) is 2.08. The highest BCUT2D eigenvalue weighted by Gasteiger charge is 2.43. The van der Waals surface area contributed by atoms with Gasteiger partial charge < -0.3 is 4.74 Å². The number of nitrogens with zero attached hydrogens (tertiary/aromatic N) is 2. The minimum atomic E-state index is -0.656. The highest BCUT2D eigenvalue weighted by atomic mass is 79.9. The summed E-state index contributed by atoms with van der Waals surface area (Å²) in [5, 5.41) is 11.6. The number of ether oxygens (including phenoxy) is 1. The molecule has 3 rings (SSSR count). The van der Waals surface area contributed by atoms with Crippen LogP contribution in [0, 0.1) is 17.1 Å². The Bertz CT molecular complexity index is 676. The maximum atomic E-state index is 13.8. The van der Waals surface area contributed by atoms with E-state index in [9.17, 15) is 9.65 Å². The van der Waals surface area contributed by atoms with Gasteiger partial charge in [0.05, 0.1) is 25.0 Å². The normalized spacial score (nSPS) is 16.7. The second kappa shape index (κ2) is 4.67. The lowest BCUT2D eigenvalue weighted by atomic mass is 9.85. The number of rotatable bonds is 2. The Morgan fingerprint density at radius 1 is 1.47 bits per heavy atom. The molecule has 1 fully saturated rings. The third-order valence-corrected chi connectivity index (χ3v) is 4.43. The Kier molecular flexibility index (Phi) is 3.13. The summed E-state index contributed by atoms with van der Waals surface area (Å²) in [7, 11) is 0. The molecule has 0 unspecified atom stereocenters.